The van der Waals surface area contributed by atoms with E-state index in [4.69, 9.17) is 16.2 Å². The predicted molar refractivity (Wildman–Crippen MR) is 182 cm³/mol. The van der Waals surface area contributed by atoms with Gasteiger partial charge in [0.05, 0.1) is 36.5 Å². The normalized spacial score (nSPS) is 11.7. The Morgan fingerprint density at radius 3 is 1.90 bits per heavy atom. The van der Waals surface area contributed by atoms with Crippen LogP contribution in [-0.2, 0) is 31.7 Å². The summed E-state index contributed by atoms with van der Waals surface area (Å²) in [6.07, 6.45) is 6.78. The summed E-state index contributed by atoms with van der Waals surface area (Å²) in [4.78, 5) is 33.2. The van der Waals surface area contributed by atoms with Crippen LogP contribution < -0.4 is 11.5 Å². The number of anilines is 2. The number of methoxy groups -OCH3 is 1. The van der Waals surface area contributed by atoms with E-state index in [1.54, 1.807) is 14.1 Å². The lowest BCUT2D eigenvalue weighted by Gasteiger charge is -2.07. The molecule has 5 aromatic rings. The van der Waals surface area contributed by atoms with Gasteiger partial charge in [-0.2, -0.15) is 39.7 Å². The number of hydrogen-bond donors (Lipinski definition) is 4. The molecule has 0 amide bonds. The summed E-state index contributed by atoms with van der Waals surface area (Å²) in [5.41, 5.74) is 14.7. The lowest BCUT2D eigenvalue weighted by molar-refractivity contribution is 0.0601. The molecule has 0 bridgehead atoms. The van der Waals surface area contributed by atoms with Gasteiger partial charge in [0.1, 0.15) is 12.2 Å². The number of nitrogen functional groups attached to an aromatic ring is 2. The molecule has 0 unspecified atom stereocenters. The van der Waals surface area contributed by atoms with Gasteiger partial charge < -0.3 is 26.4 Å². The second-order valence-electron chi connectivity index (χ2n) is 11.3. The Morgan fingerprint density at radius 2 is 1.35 bits per heavy atom. The number of nitrogens with two attached hydrogens (primary N) is 2. The summed E-state index contributed by atoms with van der Waals surface area (Å²) in [5, 5.41) is 54.6. The van der Waals surface area contributed by atoms with Gasteiger partial charge in [-0.05, 0) is 25.7 Å². The molecule has 0 radical (unpaired) electrons. The van der Waals surface area contributed by atoms with Crippen LogP contribution in [-0.4, -0.2) is 84.8 Å². The van der Waals surface area contributed by atoms with Gasteiger partial charge in [-0.25, -0.2) is 14.2 Å². The first-order valence-corrected chi connectivity index (χ1v) is 16.0. The van der Waals surface area contributed by atoms with Crippen LogP contribution in [0.3, 0.4) is 0 Å². The maximum Gasteiger partial charge on any atom is 0.343 e. The van der Waals surface area contributed by atoms with E-state index >= 15 is 0 Å². The van der Waals surface area contributed by atoms with Gasteiger partial charge in [-0.15, -0.1) is 20.5 Å². The Kier molecular flexibility index (Phi) is 10.9. The number of aliphatic hydroxyl groups is 1. The van der Waals surface area contributed by atoms with Crippen LogP contribution in [0.25, 0.3) is 11.8 Å². The summed E-state index contributed by atoms with van der Waals surface area (Å²) in [6.45, 7) is 3.32. The minimum atomic E-state index is -0.721. The molecule has 0 aliphatic heterocycles. The topological polar surface area (TPSA) is 282 Å². The van der Waals surface area contributed by atoms with Crippen LogP contribution in [0.5, 0.6) is 5.88 Å². The molecule has 6 N–H and O–H groups in total. The number of aromatic hydroxyl groups is 1. The van der Waals surface area contributed by atoms with Crippen LogP contribution in [0, 0.1) is 0 Å². The molecule has 51 heavy (non-hydrogen) atoms. The number of hydrogen-bond acceptors (Lipinski definition) is 17. The zero-order valence-electron chi connectivity index (χ0n) is 28.7. The van der Waals surface area contributed by atoms with Crippen molar-refractivity contribution in [2.24, 2.45) is 34.6 Å². The molecule has 268 valence electrons. The number of unbranched alkanes of at least 4 members (excludes halogenated alkanes) is 2. The molecule has 0 saturated carbocycles. The second kappa shape index (κ2) is 15.4. The van der Waals surface area contributed by atoms with Gasteiger partial charge in [0.15, 0.2) is 46.2 Å². The third-order valence-electron chi connectivity index (χ3n) is 7.71. The van der Waals surface area contributed by atoms with Crippen LogP contribution in [0.4, 0.5) is 34.6 Å². The van der Waals surface area contributed by atoms with Crippen molar-refractivity contribution in [1.82, 2.24) is 49.1 Å². The van der Waals surface area contributed by atoms with Crippen molar-refractivity contribution in [3.05, 3.63) is 41.0 Å². The molecule has 0 saturated heterocycles. The largest absolute Gasteiger partial charge is 0.493 e. The van der Waals surface area contributed by atoms with E-state index in [1.807, 2.05) is 13.8 Å². The second-order valence-corrected chi connectivity index (χ2v) is 11.3. The van der Waals surface area contributed by atoms with E-state index in [1.165, 1.54) is 44.3 Å². The molecule has 0 aliphatic carbocycles. The number of rotatable bonds is 15. The quantitative estimate of drug-likeness (QED) is 0.0689. The number of aromatic nitrogens is 10. The average Bonchev–Trinajstić information content (AvgIpc) is 3.86. The molecule has 0 aromatic carbocycles. The van der Waals surface area contributed by atoms with E-state index in [2.05, 4.69) is 50.8 Å². The third kappa shape index (κ3) is 7.32. The van der Waals surface area contributed by atoms with E-state index in [9.17, 15) is 19.8 Å². The van der Waals surface area contributed by atoms with Gasteiger partial charge in [0, 0.05) is 20.2 Å². The highest BCUT2D eigenvalue weighted by Gasteiger charge is 2.24. The molecule has 5 rings (SSSR count). The number of aliphatic hydroxyl groups excluding tert-OH is 1. The number of aryl methyl sites for hydroxylation is 4. The fourth-order valence-electron chi connectivity index (χ4n) is 4.95. The molecular formula is C30H38N16O5. The van der Waals surface area contributed by atoms with Crippen LogP contribution >= 0.6 is 0 Å². The number of esters is 1. The lowest BCUT2D eigenvalue weighted by Crippen LogP contribution is -2.11. The Labute approximate surface area is 290 Å². The Bertz CT molecular complexity index is 1980. The Balaban J connectivity index is 1.58. The number of azo groups is 2. The van der Waals surface area contributed by atoms with Crippen molar-refractivity contribution >= 4 is 46.4 Å². The van der Waals surface area contributed by atoms with Gasteiger partial charge in [0.25, 0.3) is 5.95 Å². The first-order valence-electron chi connectivity index (χ1n) is 16.0. The number of nitrogens with zero attached hydrogens (tertiary/aromatic N) is 14. The summed E-state index contributed by atoms with van der Waals surface area (Å²) >= 11 is 0. The van der Waals surface area contributed by atoms with Crippen molar-refractivity contribution in [2.75, 3.05) is 25.2 Å². The molecule has 21 heteroatoms. The SMILES string of the molecule is CCCCc1nn(-c2cc(O)nc(-n3nc(CCCC)c(/N=N/c4c(C(=O)OC)cnn4C)c3N)n2)c(N)c1/N=N/c1c(C(=O)CO)cnn1C. The summed E-state index contributed by atoms with van der Waals surface area (Å²) in [5.74, 6) is -1.37. The smallest absolute Gasteiger partial charge is 0.343 e. The minimum absolute atomic E-state index is 0.0131. The van der Waals surface area contributed by atoms with Crippen LogP contribution in [0.2, 0.25) is 0 Å². The van der Waals surface area contributed by atoms with Crippen molar-refractivity contribution in [1.29, 1.82) is 0 Å². The summed E-state index contributed by atoms with van der Waals surface area (Å²) in [6, 6.07) is 1.26. The van der Waals surface area contributed by atoms with Crippen LogP contribution in [0.15, 0.2) is 38.9 Å². The number of ketones is 1. The maximum atomic E-state index is 12.2. The summed E-state index contributed by atoms with van der Waals surface area (Å²) < 4.78 is 10.0. The van der Waals surface area contributed by atoms with E-state index < -0.39 is 24.2 Å². The molecule has 0 aliphatic rings. The molecule has 0 fully saturated rings. The summed E-state index contributed by atoms with van der Waals surface area (Å²) in [7, 11) is 4.43. The van der Waals surface area contributed by atoms with Gasteiger partial charge >= 0.3 is 5.97 Å². The average molecular weight is 703 g/mol. The lowest BCUT2D eigenvalue weighted by atomic mass is 10.2. The number of carbonyl (C=O) groups excluding carboxylic acids is 2. The fourth-order valence-corrected chi connectivity index (χ4v) is 4.95. The van der Waals surface area contributed by atoms with Crippen molar-refractivity contribution < 1.29 is 24.5 Å². The highest BCUT2D eigenvalue weighted by Crippen LogP contribution is 2.35. The zero-order valence-corrected chi connectivity index (χ0v) is 28.7. The standard InChI is InChI=1S/C30H38N16O5/c1-6-8-10-18-23(37-39-27-16(20(48)15-47)13-33-43(27)3)25(31)45(41-18)21-12-22(49)36-30(35-21)46-26(32)24(19(42-46)11-9-7-2)38-40-28-17(29(50)51-5)14-34-44(28)4/h12-14,47H,6-11,15,31-32H2,1-5H3,(H,35,36,49)/b39-37+,40-38+. The maximum absolute atomic E-state index is 12.2. The van der Waals surface area contributed by atoms with Crippen molar-refractivity contribution in [2.45, 2.75) is 52.4 Å². The first-order chi connectivity index (χ1) is 24.5. The molecular weight excluding hydrogens is 664 g/mol. The predicted octanol–water partition coefficient (Wildman–Crippen LogP) is 3.66. The molecule has 0 spiro atoms. The Morgan fingerprint density at radius 1 is 0.824 bits per heavy atom. The van der Waals surface area contributed by atoms with Gasteiger partial charge in [0.2, 0.25) is 5.88 Å². The minimum Gasteiger partial charge on any atom is -0.493 e. The number of Topliss-reactive ketones (excluding diaryl/α,β-unsaturated/α-hetero) is 1. The molecule has 0 atom stereocenters. The Hall–Kier alpha value is -6.38. The van der Waals surface area contributed by atoms with Crippen LogP contribution in [0.1, 0.15) is 71.6 Å². The number of ether oxygens (including phenoxy) is 1. The molecule has 21 nitrogen and oxygen atoms in total. The van der Waals surface area contributed by atoms with E-state index in [0.29, 0.717) is 24.2 Å². The first kappa shape index (κ1) is 35.9. The van der Waals surface area contributed by atoms with Gasteiger partial charge in [-0.1, -0.05) is 26.7 Å². The van der Waals surface area contributed by atoms with Crippen molar-refractivity contribution in [3.63, 3.8) is 0 Å². The molecule has 5 heterocycles. The third-order valence-corrected chi connectivity index (χ3v) is 7.71. The zero-order chi connectivity index (χ0) is 36.8. The van der Waals surface area contributed by atoms with Gasteiger partial charge in [-0.3, -0.25) is 4.79 Å². The van der Waals surface area contributed by atoms with Crippen molar-refractivity contribution in [3.8, 4) is 17.6 Å². The molecule has 5 aromatic heterocycles. The van der Waals surface area contributed by atoms with E-state index in [0.717, 1.165) is 25.7 Å². The monoisotopic (exact) mass is 702 g/mol. The van der Waals surface area contributed by atoms with E-state index in [-0.39, 0.29) is 57.5 Å². The highest BCUT2D eigenvalue weighted by molar-refractivity contribution is 6.00. The number of carbonyl (C=O) groups is 2. The highest BCUT2D eigenvalue weighted by atomic mass is 16.5. The fraction of sp³-hybridized carbons (Fsp3) is 0.400.